The van der Waals surface area contributed by atoms with Gasteiger partial charge in [0, 0.05) is 24.0 Å². The van der Waals surface area contributed by atoms with E-state index in [9.17, 15) is 24.4 Å². The number of rotatable bonds is 8. The highest BCUT2D eigenvalue weighted by Crippen LogP contribution is 2.35. The van der Waals surface area contributed by atoms with Crippen LogP contribution in [0.5, 0.6) is 0 Å². The molecule has 2 aliphatic rings. The molecule has 2 heterocycles. The van der Waals surface area contributed by atoms with E-state index < -0.39 is 35.8 Å². The lowest BCUT2D eigenvalue weighted by molar-refractivity contribution is -0.148. The first kappa shape index (κ1) is 20.9. The van der Waals surface area contributed by atoms with E-state index in [0.29, 0.717) is 17.8 Å². The zero-order chi connectivity index (χ0) is 21.0. The number of ketones is 1. The highest BCUT2D eigenvalue weighted by atomic mass is 32.1. The SMILES string of the molecule is Cc1csc([C@H](C#N)C(=O)COC(=O)CCCN2C(=O)NC3(CCCC3)C2=O)n1. The molecule has 1 atom stereocenters. The number of nitrogens with zero attached hydrogens (tertiary/aromatic N) is 3. The molecule has 1 aliphatic carbocycles. The zero-order valence-corrected chi connectivity index (χ0v) is 16.9. The summed E-state index contributed by atoms with van der Waals surface area (Å²) in [4.78, 5) is 54.0. The fraction of sp³-hybridized carbons (Fsp3) is 0.579. The molecule has 3 amide bonds. The average Bonchev–Trinajstić information content (AvgIpc) is 3.38. The first-order valence-corrected chi connectivity index (χ1v) is 10.4. The van der Waals surface area contributed by atoms with Gasteiger partial charge in [0.25, 0.3) is 5.91 Å². The van der Waals surface area contributed by atoms with Crippen molar-refractivity contribution in [2.75, 3.05) is 13.2 Å². The molecule has 1 aromatic rings. The first-order chi connectivity index (χ1) is 13.9. The largest absolute Gasteiger partial charge is 0.458 e. The molecular formula is C19H22N4O5S. The fourth-order valence-corrected chi connectivity index (χ4v) is 4.52. The maximum absolute atomic E-state index is 12.5. The van der Waals surface area contributed by atoms with Gasteiger partial charge in [0.05, 0.1) is 6.07 Å². The number of nitriles is 1. The van der Waals surface area contributed by atoms with Crippen LogP contribution in [0.3, 0.4) is 0 Å². The third kappa shape index (κ3) is 4.45. The topological polar surface area (TPSA) is 129 Å². The normalized spacial score (nSPS) is 18.6. The molecule has 0 bridgehead atoms. The van der Waals surface area contributed by atoms with Crippen molar-refractivity contribution in [3.8, 4) is 6.07 Å². The van der Waals surface area contributed by atoms with Gasteiger partial charge in [-0.15, -0.1) is 11.3 Å². The minimum absolute atomic E-state index is 0.0368. The van der Waals surface area contributed by atoms with Crippen molar-refractivity contribution >= 4 is 35.0 Å². The molecule has 9 nitrogen and oxygen atoms in total. The van der Waals surface area contributed by atoms with Crippen molar-refractivity contribution in [3.63, 3.8) is 0 Å². The first-order valence-electron chi connectivity index (χ1n) is 9.50. The van der Waals surface area contributed by atoms with Crippen molar-refractivity contribution in [2.24, 2.45) is 0 Å². The summed E-state index contributed by atoms with van der Waals surface area (Å²) >= 11 is 1.21. The Labute approximate surface area is 172 Å². The van der Waals surface area contributed by atoms with Gasteiger partial charge in [0.15, 0.2) is 18.3 Å². The van der Waals surface area contributed by atoms with Gasteiger partial charge in [-0.25, -0.2) is 9.78 Å². The molecule has 1 N–H and O–H groups in total. The summed E-state index contributed by atoms with van der Waals surface area (Å²) in [5, 5.41) is 14.1. The molecule has 0 aromatic carbocycles. The smallest absolute Gasteiger partial charge is 0.325 e. The second-order valence-electron chi connectivity index (χ2n) is 7.30. The zero-order valence-electron chi connectivity index (χ0n) is 16.1. The number of aryl methyl sites for hydroxylation is 1. The Hall–Kier alpha value is -2.80. The number of nitrogens with one attached hydrogen (secondary N) is 1. The number of urea groups is 1. The number of Topliss-reactive ketones (excluding diaryl/α,β-unsaturated/α-hetero) is 1. The Kier molecular flexibility index (Phi) is 6.27. The Morgan fingerprint density at radius 1 is 1.41 bits per heavy atom. The van der Waals surface area contributed by atoms with Gasteiger partial charge in [-0.1, -0.05) is 12.8 Å². The van der Waals surface area contributed by atoms with Crippen molar-refractivity contribution in [1.82, 2.24) is 15.2 Å². The Balaban J connectivity index is 1.42. The number of hydrogen-bond donors (Lipinski definition) is 1. The molecule has 1 saturated carbocycles. The van der Waals surface area contributed by atoms with Crippen LogP contribution < -0.4 is 5.32 Å². The van der Waals surface area contributed by atoms with Crippen LogP contribution in [0.2, 0.25) is 0 Å². The standard InChI is InChI=1S/C19H22N4O5S/c1-12-11-29-16(21-12)13(9-20)14(24)10-28-15(25)5-4-8-23-17(26)19(22-18(23)27)6-2-3-7-19/h11,13H,2-8,10H2,1H3,(H,22,27)/t13-/m1/s1. The van der Waals surface area contributed by atoms with Crippen molar-refractivity contribution in [3.05, 3.63) is 16.1 Å². The number of esters is 1. The minimum atomic E-state index is -1.06. The quantitative estimate of drug-likeness (QED) is 0.503. The van der Waals surface area contributed by atoms with E-state index >= 15 is 0 Å². The van der Waals surface area contributed by atoms with Crippen LogP contribution in [0.4, 0.5) is 4.79 Å². The predicted octanol–water partition coefficient (Wildman–Crippen LogP) is 1.82. The molecule has 154 valence electrons. The van der Waals surface area contributed by atoms with Crippen LogP contribution in [-0.2, 0) is 19.1 Å². The molecule has 3 rings (SSSR count). The molecule has 1 spiro atoms. The van der Waals surface area contributed by atoms with Crippen molar-refractivity contribution < 1.29 is 23.9 Å². The van der Waals surface area contributed by atoms with E-state index in [1.54, 1.807) is 12.3 Å². The van der Waals surface area contributed by atoms with E-state index in [0.717, 1.165) is 23.4 Å². The average molecular weight is 418 g/mol. The fourth-order valence-electron chi connectivity index (χ4n) is 3.66. The summed E-state index contributed by atoms with van der Waals surface area (Å²) in [6.45, 7) is 1.37. The second kappa shape index (κ2) is 8.69. The van der Waals surface area contributed by atoms with Crippen LogP contribution in [0.15, 0.2) is 5.38 Å². The minimum Gasteiger partial charge on any atom is -0.458 e. The number of carbonyl (C=O) groups excluding carboxylic acids is 4. The van der Waals surface area contributed by atoms with Crippen LogP contribution in [0, 0.1) is 18.3 Å². The van der Waals surface area contributed by atoms with Gasteiger partial charge in [-0.05, 0) is 26.2 Å². The lowest BCUT2D eigenvalue weighted by Crippen LogP contribution is -2.44. The maximum atomic E-state index is 12.5. The van der Waals surface area contributed by atoms with Crippen LogP contribution >= 0.6 is 11.3 Å². The molecule has 2 fully saturated rings. The number of aromatic nitrogens is 1. The lowest BCUT2D eigenvalue weighted by Gasteiger charge is -2.19. The summed E-state index contributed by atoms with van der Waals surface area (Å²) < 4.78 is 4.96. The van der Waals surface area contributed by atoms with Gasteiger partial charge in [0.1, 0.15) is 10.5 Å². The molecule has 0 unspecified atom stereocenters. The van der Waals surface area contributed by atoms with Gasteiger partial charge >= 0.3 is 12.0 Å². The molecule has 29 heavy (non-hydrogen) atoms. The number of amides is 3. The molecular weight excluding hydrogens is 396 g/mol. The summed E-state index contributed by atoms with van der Waals surface area (Å²) in [5.74, 6) is -2.44. The van der Waals surface area contributed by atoms with E-state index in [-0.39, 0.29) is 25.3 Å². The summed E-state index contributed by atoms with van der Waals surface area (Å²) in [6.07, 6.45) is 3.32. The van der Waals surface area contributed by atoms with Crippen LogP contribution in [0.25, 0.3) is 0 Å². The second-order valence-corrected chi connectivity index (χ2v) is 8.19. The molecule has 0 radical (unpaired) electrons. The number of ether oxygens (including phenoxy) is 1. The van der Waals surface area contributed by atoms with E-state index in [1.807, 2.05) is 6.07 Å². The number of imide groups is 1. The lowest BCUT2D eigenvalue weighted by atomic mass is 9.98. The van der Waals surface area contributed by atoms with Gasteiger partial charge in [0.2, 0.25) is 0 Å². The number of hydrogen-bond acceptors (Lipinski definition) is 8. The molecule has 1 aromatic heterocycles. The highest BCUT2D eigenvalue weighted by Gasteiger charge is 2.52. The third-order valence-corrected chi connectivity index (χ3v) is 6.20. The Morgan fingerprint density at radius 2 is 2.14 bits per heavy atom. The number of carbonyl (C=O) groups is 4. The predicted molar refractivity (Wildman–Crippen MR) is 102 cm³/mol. The molecule has 10 heteroatoms. The number of thiazole rings is 1. The molecule has 1 aliphatic heterocycles. The van der Waals surface area contributed by atoms with Crippen molar-refractivity contribution in [1.29, 1.82) is 5.26 Å². The summed E-state index contributed by atoms with van der Waals surface area (Å²) in [6, 6.07) is 1.47. The van der Waals surface area contributed by atoms with E-state index in [1.165, 1.54) is 11.3 Å². The summed E-state index contributed by atoms with van der Waals surface area (Å²) in [7, 11) is 0. The Morgan fingerprint density at radius 3 is 2.76 bits per heavy atom. The summed E-state index contributed by atoms with van der Waals surface area (Å²) in [5.41, 5.74) is -0.0419. The van der Waals surface area contributed by atoms with Crippen LogP contribution in [-0.4, -0.2) is 52.3 Å². The highest BCUT2D eigenvalue weighted by molar-refractivity contribution is 7.09. The van der Waals surface area contributed by atoms with Gasteiger partial charge in [-0.2, -0.15) is 5.26 Å². The van der Waals surface area contributed by atoms with Gasteiger partial charge < -0.3 is 10.1 Å². The van der Waals surface area contributed by atoms with E-state index in [4.69, 9.17) is 4.74 Å². The van der Waals surface area contributed by atoms with Gasteiger partial charge in [-0.3, -0.25) is 19.3 Å². The third-order valence-electron chi connectivity index (χ3n) is 5.18. The van der Waals surface area contributed by atoms with Crippen LogP contribution in [0.1, 0.15) is 55.1 Å². The Bertz CT molecular complexity index is 868. The molecule has 1 saturated heterocycles. The van der Waals surface area contributed by atoms with Crippen molar-refractivity contribution in [2.45, 2.75) is 56.9 Å². The van der Waals surface area contributed by atoms with E-state index in [2.05, 4.69) is 10.3 Å². The monoisotopic (exact) mass is 418 g/mol. The maximum Gasteiger partial charge on any atom is 0.325 e.